The van der Waals surface area contributed by atoms with Crippen LogP contribution >= 0.6 is 0 Å². The van der Waals surface area contributed by atoms with Crippen LogP contribution in [0.3, 0.4) is 0 Å². The molecule has 0 amide bonds. The topological polar surface area (TPSA) is 26.3 Å². The molecule has 0 aromatic heterocycles. The van der Waals surface area contributed by atoms with Crippen LogP contribution in [-0.2, 0) is 9.53 Å². The van der Waals surface area contributed by atoms with Gasteiger partial charge in [-0.05, 0) is 30.4 Å². The largest absolute Gasteiger partial charge is 0.459 e. The number of carbonyl (C=O) groups excluding carboxylic acids is 1. The molecule has 0 radical (unpaired) electrons. The zero-order valence-corrected chi connectivity index (χ0v) is 9.32. The number of rotatable bonds is 1. The second kappa shape index (κ2) is 4.85. The Morgan fingerprint density at radius 3 is 2.75 bits per heavy atom. The van der Waals surface area contributed by atoms with Crippen molar-refractivity contribution in [3.8, 4) is 11.8 Å². The van der Waals surface area contributed by atoms with E-state index in [1.165, 1.54) is 31.9 Å². The zero-order chi connectivity index (χ0) is 11.4. The average Bonchev–Trinajstić information content (AvgIpc) is 2.25. The van der Waals surface area contributed by atoms with Crippen LogP contribution in [0.1, 0.15) is 36.3 Å². The first kappa shape index (κ1) is 10.8. The van der Waals surface area contributed by atoms with E-state index in [1.807, 2.05) is 18.2 Å². The highest BCUT2D eigenvalue weighted by molar-refractivity contribution is 5.89. The van der Waals surface area contributed by atoms with Crippen LogP contribution in [0.15, 0.2) is 24.3 Å². The third kappa shape index (κ3) is 2.25. The van der Waals surface area contributed by atoms with Crippen molar-refractivity contribution in [1.29, 1.82) is 0 Å². The van der Waals surface area contributed by atoms with Crippen LogP contribution < -0.4 is 0 Å². The molecule has 0 aliphatic heterocycles. The lowest BCUT2D eigenvalue weighted by atomic mass is 9.78. The first-order chi connectivity index (χ1) is 7.81. The minimum atomic E-state index is -0.483. The summed E-state index contributed by atoms with van der Waals surface area (Å²) in [7, 11) is 1.34. The summed E-state index contributed by atoms with van der Waals surface area (Å²) in [6.07, 6.45) is 3.76. The summed E-state index contributed by atoms with van der Waals surface area (Å²) in [5, 5.41) is 0. The number of methoxy groups -OCH3 is 1. The maximum absolute atomic E-state index is 11.0. The van der Waals surface area contributed by atoms with E-state index in [0.29, 0.717) is 5.92 Å². The minimum absolute atomic E-state index is 0.483. The molecular weight excluding hydrogens is 200 g/mol. The van der Waals surface area contributed by atoms with Crippen LogP contribution in [0.5, 0.6) is 0 Å². The van der Waals surface area contributed by atoms with E-state index in [2.05, 4.69) is 22.6 Å². The van der Waals surface area contributed by atoms with Crippen molar-refractivity contribution < 1.29 is 9.53 Å². The molecular formula is C14H14O2. The second-order valence-corrected chi connectivity index (χ2v) is 3.96. The third-order valence-electron chi connectivity index (χ3n) is 2.99. The van der Waals surface area contributed by atoms with Crippen LogP contribution in [0.25, 0.3) is 0 Å². The van der Waals surface area contributed by atoms with Crippen molar-refractivity contribution in [2.75, 3.05) is 7.11 Å². The molecule has 1 aliphatic rings. The summed E-state index contributed by atoms with van der Waals surface area (Å²) in [5.41, 5.74) is 2.22. The molecule has 0 N–H and O–H groups in total. The van der Waals surface area contributed by atoms with Crippen molar-refractivity contribution in [2.24, 2.45) is 0 Å². The molecule has 0 bridgehead atoms. The SMILES string of the molecule is COC(=O)C#Cc1ccccc1C1CCC1. The van der Waals surface area contributed by atoms with Crippen LogP contribution in [0.4, 0.5) is 0 Å². The van der Waals surface area contributed by atoms with Crippen molar-refractivity contribution >= 4 is 5.97 Å². The Balaban J connectivity index is 2.24. The fourth-order valence-corrected chi connectivity index (χ4v) is 1.86. The highest BCUT2D eigenvalue weighted by atomic mass is 16.5. The van der Waals surface area contributed by atoms with Gasteiger partial charge in [-0.1, -0.05) is 30.5 Å². The predicted octanol–water partition coefficient (Wildman–Crippen LogP) is 2.48. The molecule has 82 valence electrons. The third-order valence-corrected chi connectivity index (χ3v) is 2.99. The Hall–Kier alpha value is -1.75. The lowest BCUT2D eigenvalue weighted by Gasteiger charge is -2.26. The Morgan fingerprint density at radius 2 is 2.12 bits per heavy atom. The zero-order valence-electron chi connectivity index (χ0n) is 9.32. The molecule has 0 heterocycles. The van der Waals surface area contributed by atoms with E-state index in [9.17, 15) is 4.79 Å². The second-order valence-electron chi connectivity index (χ2n) is 3.96. The van der Waals surface area contributed by atoms with Gasteiger partial charge in [0.2, 0.25) is 0 Å². The van der Waals surface area contributed by atoms with E-state index in [1.54, 1.807) is 0 Å². The molecule has 1 aromatic rings. The van der Waals surface area contributed by atoms with Gasteiger partial charge < -0.3 is 4.74 Å². The molecule has 1 fully saturated rings. The van der Waals surface area contributed by atoms with Gasteiger partial charge in [0.25, 0.3) is 0 Å². The van der Waals surface area contributed by atoms with Gasteiger partial charge in [0.15, 0.2) is 0 Å². The number of benzene rings is 1. The maximum Gasteiger partial charge on any atom is 0.384 e. The Bertz CT molecular complexity index is 447. The molecule has 0 atom stereocenters. The quantitative estimate of drug-likeness (QED) is 0.530. The molecule has 2 heteroatoms. The van der Waals surface area contributed by atoms with Gasteiger partial charge >= 0.3 is 5.97 Å². The van der Waals surface area contributed by atoms with Gasteiger partial charge in [-0.25, -0.2) is 4.79 Å². The number of hydrogen-bond donors (Lipinski definition) is 0. The minimum Gasteiger partial charge on any atom is -0.459 e. The summed E-state index contributed by atoms with van der Waals surface area (Å²) in [6, 6.07) is 8.04. The summed E-state index contributed by atoms with van der Waals surface area (Å²) in [4.78, 5) is 11.0. The summed E-state index contributed by atoms with van der Waals surface area (Å²) >= 11 is 0. The molecule has 0 saturated heterocycles. The Labute approximate surface area is 95.6 Å². The van der Waals surface area contributed by atoms with Crippen LogP contribution in [0, 0.1) is 11.8 Å². The number of hydrogen-bond acceptors (Lipinski definition) is 2. The normalized spacial score (nSPS) is 14.6. The summed E-state index contributed by atoms with van der Waals surface area (Å²) in [5.74, 6) is 5.51. The molecule has 1 aliphatic carbocycles. The molecule has 16 heavy (non-hydrogen) atoms. The molecule has 0 unspecified atom stereocenters. The van der Waals surface area contributed by atoms with Gasteiger partial charge in [-0.2, -0.15) is 0 Å². The molecule has 2 nitrogen and oxygen atoms in total. The monoisotopic (exact) mass is 214 g/mol. The molecule has 1 saturated carbocycles. The van der Waals surface area contributed by atoms with Gasteiger partial charge in [0, 0.05) is 11.5 Å². The lowest BCUT2D eigenvalue weighted by Crippen LogP contribution is -2.10. The van der Waals surface area contributed by atoms with Gasteiger partial charge in [-0.3, -0.25) is 0 Å². The first-order valence-corrected chi connectivity index (χ1v) is 5.50. The number of carbonyl (C=O) groups is 1. The van der Waals surface area contributed by atoms with E-state index in [-0.39, 0.29) is 0 Å². The van der Waals surface area contributed by atoms with Crippen molar-refractivity contribution in [2.45, 2.75) is 25.2 Å². The number of esters is 1. The standard InChI is InChI=1S/C14H14O2/c1-16-14(15)10-9-12-5-2-3-8-13(12)11-6-4-7-11/h2-3,5,8,11H,4,6-7H2,1H3. The summed E-state index contributed by atoms with van der Waals surface area (Å²) < 4.78 is 4.50. The van der Waals surface area contributed by atoms with E-state index in [4.69, 9.17) is 0 Å². The average molecular weight is 214 g/mol. The Morgan fingerprint density at radius 1 is 1.38 bits per heavy atom. The van der Waals surface area contributed by atoms with Crippen molar-refractivity contribution in [3.05, 3.63) is 35.4 Å². The van der Waals surface area contributed by atoms with Gasteiger partial charge in [-0.15, -0.1) is 0 Å². The van der Waals surface area contributed by atoms with Crippen molar-refractivity contribution in [3.63, 3.8) is 0 Å². The molecule has 0 spiro atoms. The van der Waals surface area contributed by atoms with E-state index < -0.39 is 5.97 Å². The molecule has 1 aromatic carbocycles. The first-order valence-electron chi connectivity index (χ1n) is 5.50. The Kier molecular flexibility index (Phi) is 3.26. The van der Waals surface area contributed by atoms with E-state index >= 15 is 0 Å². The number of ether oxygens (including phenoxy) is 1. The lowest BCUT2D eigenvalue weighted by molar-refractivity contribution is -0.133. The van der Waals surface area contributed by atoms with Crippen LogP contribution in [0.2, 0.25) is 0 Å². The molecule has 2 rings (SSSR count). The van der Waals surface area contributed by atoms with Gasteiger partial charge in [0.05, 0.1) is 7.11 Å². The van der Waals surface area contributed by atoms with Crippen molar-refractivity contribution in [1.82, 2.24) is 0 Å². The highest BCUT2D eigenvalue weighted by Crippen LogP contribution is 2.37. The summed E-state index contributed by atoms with van der Waals surface area (Å²) in [6.45, 7) is 0. The van der Waals surface area contributed by atoms with Crippen LogP contribution in [-0.4, -0.2) is 13.1 Å². The predicted molar refractivity (Wildman–Crippen MR) is 61.9 cm³/mol. The highest BCUT2D eigenvalue weighted by Gasteiger charge is 2.21. The van der Waals surface area contributed by atoms with Gasteiger partial charge in [0.1, 0.15) is 0 Å². The smallest absolute Gasteiger partial charge is 0.384 e. The fourth-order valence-electron chi connectivity index (χ4n) is 1.86. The maximum atomic E-state index is 11.0. The fraction of sp³-hybridized carbons (Fsp3) is 0.357. The van der Waals surface area contributed by atoms with E-state index in [0.717, 1.165) is 5.56 Å².